The molecule has 1 saturated heterocycles. The maximum absolute atomic E-state index is 14.1. The van der Waals surface area contributed by atoms with Gasteiger partial charge in [0.15, 0.2) is 5.96 Å². The standard InChI is InChI=1S/C20H33FN4O/c1-19(2,16-8-6-7-9-17(16)21)14-23-18(22-5)24-15-20(3,4)25-10-12-26-13-11-25/h6-9H,10-15H2,1-5H3,(H2,22,23,24). The molecule has 0 spiro atoms. The SMILES string of the molecule is CN=C(NCC(C)(C)c1ccccc1F)NCC(C)(C)N1CCOCC1. The molecule has 1 aromatic rings. The van der Waals surface area contributed by atoms with Gasteiger partial charge in [0, 0.05) is 44.2 Å². The molecule has 5 nitrogen and oxygen atoms in total. The fourth-order valence-electron chi connectivity index (χ4n) is 3.21. The van der Waals surface area contributed by atoms with Crippen LogP contribution in [0.2, 0.25) is 0 Å². The molecule has 2 rings (SSSR count). The summed E-state index contributed by atoms with van der Waals surface area (Å²) < 4.78 is 19.6. The molecule has 1 fully saturated rings. The van der Waals surface area contributed by atoms with Crippen molar-refractivity contribution in [2.45, 2.75) is 38.6 Å². The zero-order valence-corrected chi connectivity index (χ0v) is 16.7. The van der Waals surface area contributed by atoms with Gasteiger partial charge in [0.1, 0.15) is 5.82 Å². The Kier molecular flexibility index (Phi) is 7.01. The molecule has 2 N–H and O–H groups in total. The van der Waals surface area contributed by atoms with Crippen molar-refractivity contribution in [3.8, 4) is 0 Å². The van der Waals surface area contributed by atoms with E-state index in [0.29, 0.717) is 12.1 Å². The highest BCUT2D eigenvalue weighted by atomic mass is 19.1. The Morgan fingerprint density at radius 3 is 2.35 bits per heavy atom. The number of morpholine rings is 1. The Balaban J connectivity index is 1.90. The van der Waals surface area contributed by atoms with Crippen molar-refractivity contribution in [3.05, 3.63) is 35.6 Å². The molecule has 0 aliphatic carbocycles. The van der Waals surface area contributed by atoms with Crippen molar-refractivity contribution < 1.29 is 9.13 Å². The molecule has 0 amide bonds. The molecule has 26 heavy (non-hydrogen) atoms. The molecule has 0 atom stereocenters. The van der Waals surface area contributed by atoms with Gasteiger partial charge in [-0.25, -0.2) is 4.39 Å². The topological polar surface area (TPSA) is 48.9 Å². The molecule has 0 radical (unpaired) electrons. The van der Waals surface area contributed by atoms with E-state index in [2.05, 4.69) is 34.4 Å². The minimum Gasteiger partial charge on any atom is -0.379 e. The third-order valence-corrected chi connectivity index (χ3v) is 5.08. The first-order chi connectivity index (χ1) is 12.3. The first-order valence-electron chi connectivity index (χ1n) is 9.28. The number of benzene rings is 1. The summed E-state index contributed by atoms with van der Waals surface area (Å²) in [6, 6.07) is 6.94. The van der Waals surface area contributed by atoms with Crippen molar-refractivity contribution in [2.24, 2.45) is 4.99 Å². The molecular weight excluding hydrogens is 331 g/mol. The summed E-state index contributed by atoms with van der Waals surface area (Å²) in [5, 5.41) is 6.75. The molecule has 0 saturated carbocycles. The lowest BCUT2D eigenvalue weighted by molar-refractivity contribution is -0.00834. The summed E-state index contributed by atoms with van der Waals surface area (Å²) in [7, 11) is 1.76. The smallest absolute Gasteiger partial charge is 0.191 e. The Bertz CT molecular complexity index is 610. The molecule has 0 aromatic heterocycles. The van der Waals surface area contributed by atoms with Gasteiger partial charge >= 0.3 is 0 Å². The number of aliphatic imine (C=N–C) groups is 1. The molecule has 6 heteroatoms. The number of nitrogens with zero attached hydrogens (tertiary/aromatic N) is 2. The molecule has 1 aliphatic rings. The molecule has 146 valence electrons. The normalized spacial score (nSPS) is 17.2. The maximum atomic E-state index is 14.1. The maximum Gasteiger partial charge on any atom is 0.191 e. The minimum absolute atomic E-state index is 0.00244. The van der Waals surface area contributed by atoms with Gasteiger partial charge in [-0.15, -0.1) is 0 Å². The Morgan fingerprint density at radius 1 is 1.12 bits per heavy atom. The summed E-state index contributed by atoms with van der Waals surface area (Å²) in [6.07, 6.45) is 0. The summed E-state index contributed by atoms with van der Waals surface area (Å²) >= 11 is 0. The van der Waals surface area contributed by atoms with Crippen LogP contribution in [-0.2, 0) is 10.2 Å². The Hall–Kier alpha value is -1.66. The van der Waals surface area contributed by atoms with Crippen LogP contribution < -0.4 is 10.6 Å². The fourth-order valence-corrected chi connectivity index (χ4v) is 3.21. The van der Waals surface area contributed by atoms with E-state index in [-0.39, 0.29) is 16.8 Å². The van der Waals surface area contributed by atoms with E-state index >= 15 is 0 Å². The summed E-state index contributed by atoms with van der Waals surface area (Å²) in [5.41, 5.74) is 0.363. The largest absolute Gasteiger partial charge is 0.379 e. The monoisotopic (exact) mass is 364 g/mol. The van der Waals surface area contributed by atoms with Crippen LogP contribution in [0, 0.1) is 5.82 Å². The first-order valence-corrected chi connectivity index (χ1v) is 9.28. The summed E-state index contributed by atoms with van der Waals surface area (Å²) in [5.74, 6) is 0.562. The fraction of sp³-hybridized carbons (Fsp3) is 0.650. The second kappa shape index (κ2) is 8.82. The van der Waals surface area contributed by atoms with Gasteiger partial charge < -0.3 is 15.4 Å². The highest BCUT2D eigenvalue weighted by Crippen LogP contribution is 2.24. The number of rotatable bonds is 6. The van der Waals surface area contributed by atoms with Crippen molar-refractivity contribution in [1.82, 2.24) is 15.5 Å². The average Bonchev–Trinajstić information content (AvgIpc) is 2.63. The third-order valence-electron chi connectivity index (χ3n) is 5.08. The molecule has 0 unspecified atom stereocenters. The summed E-state index contributed by atoms with van der Waals surface area (Å²) in [6.45, 7) is 13.3. The Labute approximate surface area is 157 Å². The number of halogens is 1. The van der Waals surface area contributed by atoms with Gasteiger partial charge in [-0.3, -0.25) is 9.89 Å². The van der Waals surface area contributed by atoms with E-state index in [1.807, 2.05) is 26.0 Å². The van der Waals surface area contributed by atoms with E-state index < -0.39 is 0 Å². The number of nitrogens with one attached hydrogen (secondary N) is 2. The predicted molar refractivity (Wildman–Crippen MR) is 105 cm³/mol. The molecule has 1 aromatic carbocycles. The van der Waals surface area contributed by atoms with Gasteiger partial charge in [0.25, 0.3) is 0 Å². The van der Waals surface area contributed by atoms with Crippen molar-refractivity contribution >= 4 is 5.96 Å². The highest BCUT2D eigenvalue weighted by molar-refractivity contribution is 5.79. The van der Waals surface area contributed by atoms with Crippen LogP contribution in [0.15, 0.2) is 29.3 Å². The number of guanidine groups is 1. The van der Waals surface area contributed by atoms with Gasteiger partial charge in [-0.05, 0) is 25.5 Å². The lowest BCUT2D eigenvalue weighted by Gasteiger charge is -2.41. The van der Waals surface area contributed by atoms with Gasteiger partial charge in [0.2, 0.25) is 0 Å². The minimum atomic E-state index is -0.345. The predicted octanol–water partition coefficient (Wildman–Crippen LogP) is 2.38. The lowest BCUT2D eigenvalue weighted by Crippen LogP contribution is -2.57. The van der Waals surface area contributed by atoms with Crippen LogP contribution in [-0.4, -0.2) is 62.8 Å². The number of hydrogen-bond donors (Lipinski definition) is 2. The second-order valence-corrected chi connectivity index (χ2v) is 8.05. The van der Waals surface area contributed by atoms with Crippen LogP contribution in [0.4, 0.5) is 4.39 Å². The van der Waals surface area contributed by atoms with E-state index in [1.165, 1.54) is 6.07 Å². The van der Waals surface area contributed by atoms with E-state index in [1.54, 1.807) is 13.1 Å². The van der Waals surface area contributed by atoms with Gasteiger partial charge in [-0.2, -0.15) is 0 Å². The van der Waals surface area contributed by atoms with E-state index in [9.17, 15) is 4.39 Å². The molecule has 0 bridgehead atoms. The molecule has 1 aliphatic heterocycles. The van der Waals surface area contributed by atoms with Crippen LogP contribution in [0.3, 0.4) is 0 Å². The van der Waals surface area contributed by atoms with Crippen LogP contribution >= 0.6 is 0 Å². The first kappa shape index (κ1) is 20.6. The number of ether oxygens (including phenoxy) is 1. The van der Waals surface area contributed by atoms with Crippen molar-refractivity contribution in [2.75, 3.05) is 46.4 Å². The van der Waals surface area contributed by atoms with Crippen molar-refractivity contribution in [1.29, 1.82) is 0 Å². The zero-order valence-electron chi connectivity index (χ0n) is 16.7. The average molecular weight is 365 g/mol. The van der Waals surface area contributed by atoms with Crippen molar-refractivity contribution in [3.63, 3.8) is 0 Å². The second-order valence-electron chi connectivity index (χ2n) is 8.05. The van der Waals surface area contributed by atoms with Crippen LogP contribution in [0.1, 0.15) is 33.3 Å². The van der Waals surface area contributed by atoms with E-state index in [4.69, 9.17) is 4.74 Å². The number of hydrogen-bond acceptors (Lipinski definition) is 3. The van der Waals surface area contributed by atoms with E-state index in [0.717, 1.165) is 38.8 Å². The van der Waals surface area contributed by atoms with Gasteiger partial charge in [-0.1, -0.05) is 32.0 Å². The highest BCUT2D eigenvalue weighted by Gasteiger charge is 2.29. The lowest BCUT2D eigenvalue weighted by atomic mass is 9.84. The van der Waals surface area contributed by atoms with Gasteiger partial charge in [0.05, 0.1) is 13.2 Å². The quantitative estimate of drug-likeness (QED) is 0.601. The summed E-state index contributed by atoms with van der Waals surface area (Å²) in [4.78, 5) is 6.74. The third kappa shape index (κ3) is 5.42. The molecule has 1 heterocycles. The molecular formula is C20H33FN4O. The zero-order chi connectivity index (χ0) is 19.2. The Morgan fingerprint density at radius 2 is 1.73 bits per heavy atom. The van der Waals surface area contributed by atoms with Crippen LogP contribution in [0.5, 0.6) is 0 Å². The van der Waals surface area contributed by atoms with Crippen LogP contribution in [0.25, 0.3) is 0 Å².